The van der Waals surface area contributed by atoms with E-state index in [4.69, 9.17) is 5.10 Å². The molecule has 4 aromatic rings. The van der Waals surface area contributed by atoms with Gasteiger partial charge in [0.2, 0.25) is 0 Å². The van der Waals surface area contributed by atoms with Crippen LogP contribution in [-0.2, 0) is 13.1 Å². The molecule has 6 heteroatoms. The van der Waals surface area contributed by atoms with E-state index in [-0.39, 0.29) is 5.82 Å². The fourth-order valence-corrected chi connectivity index (χ4v) is 3.24. The van der Waals surface area contributed by atoms with Gasteiger partial charge in [0.1, 0.15) is 12.1 Å². The Hall–Kier alpha value is -3.38. The Balaban J connectivity index is 1.66. The van der Waals surface area contributed by atoms with Gasteiger partial charge in [-0.05, 0) is 56.4 Å². The molecule has 0 bridgehead atoms. The molecule has 0 fully saturated rings. The van der Waals surface area contributed by atoms with E-state index in [2.05, 4.69) is 33.9 Å². The lowest BCUT2D eigenvalue weighted by molar-refractivity contribution is 0.315. The van der Waals surface area contributed by atoms with Crippen molar-refractivity contribution in [1.29, 1.82) is 0 Å². The van der Waals surface area contributed by atoms with Gasteiger partial charge in [-0.1, -0.05) is 17.7 Å². The first kappa shape index (κ1) is 19.0. The number of halogens is 1. The molecule has 146 valence electrons. The highest BCUT2D eigenvalue weighted by Crippen LogP contribution is 2.25. The van der Waals surface area contributed by atoms with E-state index >= 15 is 0 Å². The first-order valence-electron chi connectivity index (χ1n) is 9.43. The van der Waals surface area contributed by atoms with Gasteiger partial charge in [0.25, 0.3) is 0 Å². The first-order chi connectivity index (χ1) is 14.1. The van der Waals surface area contributed by atoms with E-state index in [0.29, 0.717) is 13.1 Å². The summed E-state index contributed by atoms with van der Waals surface area (Å²) in [5.41, 5.74) is 5.95. The van der Waals surface area contributed by atoms with Gasteiger partial charge < -0.3 is 0 Å². The number of aromatic nitrogens is 4. The second-order valence-corrected chi connectivity index (χ2v) is 7.16. The predicted octanol–water partition coefficient (Wildman–Crippen LogP) is 4.41. The largest absolute Gasteiger partial charge is 0.296 e. The molecule has 2 aromatic carbocycles. The fraction of sp³-hybridized carbons (Fsp3) is 0.174. The lowest BCUT2D eigenvalue weighted by atomic mass is 10.1. The van der Waals surface area contributed by atoms with Crippen molar-refractivity contribution >= 4 is 0 Å². The van der Waals surface area contributed by atoms with Crippen LogP contribution in [0.4, 0.5) is 4.39 Å². The number of rotatable bonds is 6. The van der Waals surface area contributed by atoms with Gasteiger partial charge >= 0.3 is 0 Å². The summed E-state index contributed by atoms with van der Waals surface area (Å²) in [4.78, 5) is 10.4. The molecule has 0 atom stereocenters. The van der Waals surface area contributed by atoms with Crippen LogP contribution in [0, 0.1) is 12.7 Å². The molecule has 0 amide bonds. The minimum Gasteiger partial charge on any atom is -0.296 e. The highest BCUT2D eigenvalue weighted by molar-refractivity contribution is 5.63. The van der Waals surface area contributed by atoms with Crippen molar-refractivity contribution in [2.24, 2.45) is 0 Å². The van der Waals surface area contributed by atoms with Crippen LogP contribution in [0.3, 0.4) is 0 Å². The van der Waals surface area contributed by atoms with Gasteiger partial charge in [-0.2, -0.15) is 5.10 Å². The highest BCUT2D eigenvalue weighted by Gasteiger charge is 2.15. The third-order valence-corrected chi connectivity index (χ3v) is 4.72. The Kier molecular flexibility index (Phi) is 5.44. The number of aryl methyl sites for hydroxylation is 1. The molecule has 0 aliphatic rings. The summed E-state index contributed by atoms with van der Waals surface area (Å²) in [5, 5.41) is 4.81. The number of benzene rings is 2. The van der Waals surface area contributed by atoms with Gasteiger partial charge in [-0.25, -0.2) is 19.0 Å². The Morgan fingerprint density at radius 1 is 0.966 bits per heavy atom. The number of hydrogen-bond donors (Lipinski definition) is 0. The predicted molar refractivity (Wildman–Crippen MR) is 111 cm³/mol. The van der Waals surface area contributed by atoms with E-state index in [1.54, 1.807) is 24.7 Å². The van der Waals surface area contributed by atoms with E-state index in [1.807, 2.05) is 36.1 Å². The van der Waals surface area contributed by atoms with Crippen molar-refractivity contribution in [3.8, 4) is 16.9 Å². The quantitative estimate of drug-likeness (QED) is 0.492. The smallest absolute Gasteiger partial charge is 0.123 e. The zero-order valence-electron chi connectivity index (χ0n) is 16.5. The van der Waals surface area contributed by atoms with E-state index in [9.17, 15) is 4.39 Å². The van der Waals surface area contributed by atoms with Crippen LogP contribution in [-0.4, -0.2) is 31.7 Å². The summed E-state index contributed by atoms with van der Waals surface area (Å²) >= 11 is 0. The molecule has 2 aromatic heterocycles. The first-order valence-corrected chi connectivity index (χ1v) is 9.43. The third-order valence-electron chi connectivity index (χ3n) is 4.72. The normalized spacial score (nSPS) is 11.2. The zero-order chi connectivity index (χ0) is 20.2. The fourth-order valence-electron chi connectivity index (χ4n) is 3.24. The number of nitrogens with zero attached hydrogens (tertiary/aromatic N) is 5. The van der Waals surface area contributed by atoms with Gasteiger partial charge in [-0.15, -0.1) is 0 Å². The summed E-state index contributed by atoms with van der Waals surface area (Å²) in [6.07, 6.45) is 5.35. The topological polar surface area (TPSA) is 46.8 Å². The van der Waals surface area contributed by atoms with E-state index in [0.717, 1.165) is 28.2 Å². The van der Waals surface area contributed by atoms with Crippen LogP contribution in [0.1, 0.15) is 16.8 Å². The summed E-state index contributed by atoms with van der Waals surface area (Å²) in [6, 6.07) is 16.6. The monoisotopic (exact) mass is 387 g/mol. The lowest BCUT2D eigenvalue weighted by Gasteiger charge is -2.15. The van der Waals surface area contributed by atoms with Crippen molar-refractivity contribution in [2.75, 3.05) is 7.05 Å². The molecule has 4 rings (SSSR count). The van der Waals surface area contributed by atoms with Gasteiger partial charge in [0.15, 0.2) is 0 Å². The average molecular weight is 387 g/mol. The molecule has 0 N–H and O–H groups in total. The van der Waals surface area contributed by atoms with Crippen molar-refractivity contribution in [3.05, 3.63) is 96.0 Å². The summed E-state index contributed by atoms with van der Waals surface area (Å²) in [5.74, 6) is -0.255. The van der Waals surface area contributed by atoms with E-state index < -0.39 is 0 Å². The van der Waals surface area contributed by atoms with Crippen molar-refractivity contribution in [3.63, 3.8) is 0 Å². The maximum Gasteiger partial charge on any atom is 0.123 e. The third kappa shape index (κ3) is 4.55. The molecule has 0 radical (unpaired) electrons. The van der Waals surface area contributed by atoms with Gasteiger partial charge in [0.05, 0.1) is 17.1 Å². The molecular weight excluding hydrogens is 365 g/mol. The summed E-state index contributed by atoms with van der Waals surface area (Å²) < 4.78 is 15.3. The standard InChI is InChI=1S/C23H22FN5/c1-17-3-9-22(10-4-17)29-14-19(13-28(2)15-21-11-12-25-16-26-21)23(27-29)18-5-7-20(24)8-6-18/h3-12,14,16H,13,15H2,1-2H3. The Labute approximate surface area is 169 Å². The molecule has 29 heavy (non-hydrogen) atoms. The summed E-state index contributed by atoms with van der Waals surface area (Å²) in [6.45, 7) is 3.44. The molecule has 2 heterocycles. The van der Waals surface area contributed by atoms with Crippen LogP contribution in [0.5, 0.6) is 0 Å². The minimum absolute atomic E-state index is 0.255. The molecule has 0 unspecified atom stereocenters. The molecule has 0 aliphatic heterocycles. The van der Waals surface area contributed by atoms with Gasteiger partial charge in [-0.3, -0.25) is 4.90 Å². The van der Waals surface area contributed by atoms with Crippen LogP contribution in [0.15, 0.2) is 73.3 Å². The molecule has 0 saturated carbocycles. The molecule has 0 aliphatic carbocycles. The van der Waals surface area contributed by atoms with Crippen LogP contribution < -0.4 is 0 Å². The van der Waals surface area contributed by atoms with Gasteiger partial charge in [0, 0.05) is 36.6 Å². The van der Waals surface area contributed by atoms with Crippen LogP contribution in [0.25, 0.3) is 16.9 Å². The average Bonchev–Trinajstić information content (AvgIpc) is 3.13. The second kappa shape index (κ2) is 8.32. The maximum atomic E-state index is 13.4. The molecule has 0 spiro atoms. The molecule has 5 nitrogen and oxygen atoms in total. The lowest BCUT2D eigenvalue weighted by Crippen LogP contribution is -2.18. The highest BCUT2D eigenvalue weighted by atomic mass is 19.1. The second-order valence-electron chi connectivity index (χ2n) is 7.16. The maximum absolute atomic E-state index is 13.4. The Morgan fingerprint density at radius 3 is 2.41 bits per heavy atom. The van der Waals surface area contributed by atoms with E-state index in [1.165, 1.54) is 17.7 Å². The SMILES string of the molecule is Cc1ccc(-n2cc(CN(C)Cc3ccncn3)c(-c3ccc(F)cc3)n2)cc1. The molecular formula is C23H22FN5. The summed E-state index contributed by atoms with van der Waals surface area (Å²) in [7, 11) is 2.04. The molecule has 0 saturated heterocycles. The minimum atomic E-state index is -0.255. The number of hydrogen-bond acceptors (Lipinski definition) is 4. The Bertz CT molecular complexity index is 1070. The van der Waals surface area contributed by atoms with Crippen molar-refractivity contribution in [2.45, 2.75) is 20.0 Å². The van der Waals surface area contributed by atoms with Crippen molar-refractivity contribution < 1.29 is 4.39 Å². The Morgan fingerprint density at radius 2 is 1.72 bits per heavy atom. The zero-order valence-corrected chi connectivity index (χ0v) is 16.5. The van der Waals surface area contributed by atoms with Crippen LogP contribution in [0.2, 0.25) is 0 Å². The van der Waals surface area contributed by atoms with Crippen LogP contribution >= 0.6 is 0 Å². The van der Waals surface area contributed by atoms with Crippen molar-refractivity contribution in [1.82, 2.24) is 24.6 Å².